The Morgan fingerprint density at radius 2 is 1.93 bits per heavy atom. The molecule has 27 heavy (non-hydrogen) atoms. The summed E-state index contributed by atoms with van der Waals surface area (Å²) in [6.45, 7) is 8.60. The van der Waals surface area contributed by atoms with Crippen LogP contribution in [0, 0.1) is 5.92 Å². The first-order valence-corrected chi connectivity index (χ1v) is 9.36. The second kappa shape index (κ2) is 7.58. The van der Waals surface area contributed by atoms with Crippen LogP contribution in [0.5, 0.6) is 0 Å². The Labute approximate surface area is 159 Å². The predicted octanol–water partition coefficient (Wildman–Crippen LogP) is 2.89. The minimum atomic E-state index is -0.799. The molecule has 0 radical (unpaired) electrons. The van der Waals surface area contributed by atoms with Crippen LogP contribution < -0.4 is 10.2 Å². The zero-order valence-corrected chi connectivity index (χ0v) is 16.3. The molecule has 2 heterocycles. The van der Waals surface area contributed by atoms with Gasteiger partial charge in [0.2, 0.25) is 0 Å². The molecule has 1 fully saturated rings. The van der Waals surface area contributed by atoms with Gasteiger partial charge in [-0.15, -0.1) is 0 Å². The van der Waals surface area contributed by atoms with E-state index < -0.39 is 6.10 Å². The van der Waals surface area contributed by atoms with Gasteiger partial charge in [0.15, 0.2) is 11.7 Å². The van der Waals surface area contributed by atoms with Crippen molar-refractivity contribution in [2.45, 2.75) is 52.2 Å². The van der Waals surface area contributed by atoms with Gasteiger partial charge >= 0.3 is 5.97 Å². The van der Waals surface area contributed by atoms with Gasteiger partial charge in [0, 0.05) is 18.6 Å². The van der Waals surface area contributed by atoms with E-state index in [0.29, 0.717) is 31.9 Å². The van der Waals surface area contributed by atoms with Crippen molar-refractivity contribution in [1.29, 1.82) is 0 Å². The molecule has 0 spiro atoms. The lowest BCUT2D eigenvalue weighted by atomic mass is 9.97. The minimum absolute atomic E-state index is 0.212. The SMILES string of the molecule is CC(OC(=O)C1CCN(c2nc3ccccc3o2)CC1)C(=O)NC(C)(C)C. The largest absolute Gasteiger partial charge is 0.452 e. The Hall–Kier alpha value is -2.57. The molecule has 1 aromatic carbocycles. The van der Waals surface area contributed by atoms with E-state index in [1.807, 2.05) is 49.9 Å². The number of nitrogens with zero attached hydrogens (tertiary/aromatic N) is 2. The van der Waals surface area contributed by atoms with E-state index in [4.69, 9.17) is 9.15 Å². The van der Waals surface area contributed by atoms with Gasteiger partial charge in [0.05, 0.1) is 5.92 Å². The number of piperidine rings is 1. The molecule has 1 unspecified atom stereocenters. The molecule has 0 aliphatic carbocycles. The van der Waals surface area contributed by atoms with Crippen LogP contribution in [0.3, 0.4) is 0 Å². The Morgan fingerprint density at radius 3 is 2.56 bits per heavy atom. The van der Waals surface area contributed by atoms with Gasteiger partial charge < -0.3 is 19.4 Å². The fourth-order valence-corrected chi connectivity index (χ4v) is 3.10. The lowest BCUT2D eigenvalue weighted by Crippen LogP contribution is -2.47. The first-order valence-electron chi connectivity index (χ1n) is 9.36. The molecule has 1 saturated heterocycles. The second-order valence-electron chi connectivity index (χ2n) is 8.04. The normalized spacial score (nSPS) is 17.0. The Bertz CT molecular complexity index is 783. The van der Waals surface area contributed by atoms with Crippen molar-refractivity contribution in [1.82, 2.24) is 10.3 Å². The number of hydrogen-bond acceptors (Lipinski definition) is 6. The maximum atomic E-state index is 12.4. The van der Waals surface area contributed by atoms with E-state index in [0.717, 1.165) is 11.1 Å². The van der Waals surface area contributed by atoms with Gasteiger partial charge in [-0.1, -0.05) is 12.1 Å². The number of para-hydroxylation sites is 2. The summed E-state index contributed by atoms with van der Waals surface area (Å²) < 4.78 is 11.2. The molecule has 1 amide bonds. The Kier molecular flexibility index (Phi) is 5.39. The molecule has 7 nitrogen and oxygen atoms in total. The number of fused-ring (bicyclic) bond motifs is 1. The van der Waals surface area contributed by atoms with E-state index in [9.17, 15) is 9.59 Å². The molecule has 1 atom stereocenters. The smallest absolute Gasteiger partial charge is 0.309 e. The number of amides is 1. The van der Waals surface area contributed by atoms with E-state index in [1.165, 1.54) is 0 Å². The Balaban J connectivity index is 1.52. The van der Waals surface area contributed by atoms with E-state index in [-0.39, 0.29) is 23.3 Å². The Morgan fingerprint density at radius 1 is 1.26 bits per heavy atom. The van der Waals surface area contributed by atoms with Crippen LogP contribution in [-0.2, 0) is 14.3 Å². The van der Waals surface area contributed by atoms with Gasteiger partial charge in [-0.2, -0.15) is 4.98 Å². The summed E-state index contributed by atoms with van der Waals surface area (Å²) in [6.07, 6.45) is 0.489. The zero-order valence-electron chi connectivity index (χ0n) is 16.3. The van der Waals surface area contributed by atoms with Crippen molar-refractivity contribution in [2.75, 3.05) is 18.0 Å². The monoisotopic (exact) mass is 373 g/mol. The topological polar surface area (TPSA) is 84.7 Å². The van der Waals surface area contributed by atoms with Crippen LogP contribution in [0.25, 0.3) is 11.1 Å². The van der Waals surface area contributed by atoms with E-state index in [2.05, 4.69) is 10.3 Å². The number of oxazole rings is 1. The molecule has 1 N–H and O–H groups in total. The highest BCUT2D eigenvalue weighted by molar-refractivity contribution is 5.84. The number of ether oxygens (including phenoxy) is 1. The number of hydrogen-bond donors (Lipinski definition) is 1. The molecule has 2 aromatic rings. The van der Waals surface area contributed by atoms with Crippen LogP contribution in [0.2, 0.25) is 0 Å². The van der Waals surface area contributed by atoms with Crippen molar-refractivity contribution >= 4 is 29.0 Å². The zero-order chi connectivity index (χ0) is 19.6. The van der Waals surface area contributed by atoms with E-state index in [1.54, 1.807) is 6.92 Å². The van der Waals surface area contributed by atoms with Gasteiger partial charge in [-0.05, 0) is 52.7 Å². The third-order valence-electron chi connectivity index (χ3n) is 4.54. The second-order valence-corrected chi connectivity index (χ2v) is 8.04. The van der Waals surface area contributed by atoms with Crippen molar-refractivity contribution in [3.05, 3.63) is 24.3 Å². The third kappa shape index (κ3) is 4.78. The summed E-state index contributed by atoms with van der Waals surface area (Å²) in [5.74, 6) is -0.806. The molecule has 0 saturated carbocycles. The fraction of sp³-hybridized carbons (Fsp3) is 0.550. The number of carbonyl (C=O) groups excluding carboxylic acids is 2. The highest BCUT2D eigenvalue weighted by Crippen LogP contribution is 2.27. The van der Waals surface area contributed by atoms with Crippen LogP contribution in [0.15, 0.2) is 28.7 Å². The molecule has 7 heteroatoms. The van der Waals surface area contributed by atoms with Crippen molar-refractivity contribution < 1.29 is 18.7 Å². The number of nitrogens with one attached hydrogen (secondary N) is 1. The number of carbonyl (C=O) groups is 2. The van der Waals surface area contributed by atoms with Crippen LogP contribution in [0.4, 0.5) is 6.01 Å². The lowest BCUT2D eigenvalue weighted by Gasteiger charge is -2.30. The van der Waals surface area contributed by atoms with Gasteiger partial charge in [0.25, 0.3) is 11.9 Å². The van der Waals surface area contributed by atoms with E-state index >= 15 is 0 Å². The van der Waals surface area contributed by atoms with Crippen LogP contribution >= 0.6 is 0 Å². The molecule has 146 valence electrons. The predicted molar refractivity (Wildman–Crippen MR) is 102 cm³/mol. The summed E-state index contributed by atoms with van der Waals surface area (Å²) in [4.78, 5) is 31.0. The van der Waals surface area contributed by atoms with Crippen LogP contribution in [0.1, 0.15) is 40.5 Å². The van der Waals surface area contributed by atoms with Crippen molar-refractivity contribution in [2.24, 2.45) is 5.92 Å². The van der Waals surface area contributed by atoms with Gasteiger partial charge in [0.1, 0.15) is 5.52 Å². The number of rotatable bonds is 4. The van der Waals surface area contributed by atoms with Crippen LogP contribution in [-0.4, -0.2) is 41.6 Å². The van der Waals surface area contributed by atoms with Gasteiger partial charge in [-0.25, -0.2) is 0 Å². The summed E-state index contributed by atoms with van der Waals surface area (Å²) in [5, 5.41) is 2.82. The summed E-state index contributed by atoms with van der Waals surface area (Å²) >= 11 is 0. The minimum Gasteiger partial charge on any atom is -0.452 e. The highest BCUT2D eigenvalue weighted by atomic mass is 16.5. The average Bonchev–Trinajstić information content (AvgIpc) is 3.04. The number of anilines is 1. The van der Waals surface area contributed by atoms with Crippen molar-refractivity contribution in [3.8, 4) is 0 Å². The molecule has 0 bridgehead atoms. The van der Waals surface area contributed by atoms with Crippen molar-refractivity contribution in [3.63, 3.8) is 0 Å². The quantitative estimate of drug-likeness (QED) is 0.830. The molecule has 3 rings (SSSR count). The summed E-state index contributed by atoms with van der Waals surface area (Å²) in [6, 6.07) is 8.22. The number of esters is 1. The molecule has 1 aromatic heterocycles. The maximum absolute atomic E-state index is 12.4. The fourth-order valence-electron chi connectivity index (χ4n) is 3.10. The highest BCUT2D eigenvalue weighted by Gasteiger charge is 2.31. The standard InChI is InChI=1S/C20H27N3O4/c1-13(17(24)22-20(2,3)4)26-18(25)14-9-11-23(12-10-14)19-21-15-7-5-6-8-16(15)27-19/h5-8,13-14H,9-12H2,1-4H3,(H,22,24). The number of benzene rings is 1. The molecular weight excluding hydrogens is 346 g/mol. The average molecular weight is 373 g/mol. The molecule has 1 aliphatic heterocycles. The maximum Gasteiger partial charge on any atom is 0.309 e. The number of aromatic nitrogens is 1. The first-order chi connectivity index (χ1) is 12.7. The molecule has 1 aliphatic rings. The first kappa shape index (κ1) is 19.2. The lowest BCUT2D eigenvalue weighted by molar-refractivity contribution is -0.159. The third-order valence-corrected chi connectivity index (χ3v) is 4.54. The molecular formula is C20H27N3O4. The summed E-state index contributed by atoms with van der Waals surface area (Å²) in [7, 11) is 0. The van der Waals surface area contributed by atoms with Gasteiger partial charge in [-0.3, -0.25) is 9.59 Å². The summed E-state index contributed by atoms with van der Waals surface area (Å²) in [5.41, 5.74) is 1.23.